The van der Waals surface area contributed by atoms with Crippen molar-refractivity contribution in [1.82, 2.24) is 15.6 Å². The van der Waals surface area contributed by atoms with Crippen LogP contribution in [-0.2, 0) is 17.6 Å². The number of H-pyrrole nitrogens is 1. The van der Waals surface area contributed by atoms with E-state index in [1.807, 2.05) is 18.3 Å². The number of nitrogens with one attached hydrogen (secondary N) is 3. The average molecular weight is 398 g/mol. The van der Waals surface area contributed by atoms with Crippen molar-refractivity contribution in [2.45, 2.75) is 31.8 Å². The predicted molar refractivity (Wildman–Crippen MR) is 112 cm³/mol. The maximum absolute atomic E-state index is 13.6. The summed E-state index contributed by atoms with van der Waals surface area (Å²) in [6.45, 7) is 2.89. The molecule has 3 N–H and O–H groups in total. The summed E-state index contributed by atoms with van der Waals surface area (Å²) in [6, 6.07) is 8.68. The van der Waals surface area contributed by atoms with E-state index in [-0.39, 0.29) is 11.9 Å². The number of halogens is 1. The molecular weight excluding hydrogens is 371 g/mol. The Morgan fingerprint density at radius 2 is 2.10 bits per heavy atom. The van der Waals surface area contributed by atoms with E-state index in [1.165, 1.54) is 6.07 Å². The Morgan fingerprint density at radius 3 is 2.90 bits per heavy atom. The number of benzene rings is 1. The highest BCUT2D eigenvalue weighted by molar-refractivity contribution is 5.83. The molecule has 0 amide bonds. The second-order valence-corrected chi connectivity index (χ2v) is 7.26. The lowest BCUT2D eigenvalue weighted by Crippen LogP contribution is -2.40. The van der Waals surface area contributed by atoms with E-state index in [9.17, 15) is 4.39 Å². The Labute approximate surface area is 169 Å². The third-order valence-corrected chi connectivity index (χ3v) is 5.14. The first-order valence-corrected chi connectivity index (χ1v) is 10.2. The van der Waals surface area contributed by atoms with E-state index in [1.54, 1.807) is 18.4 Å². The van der Waals surface area contributed by atoms with Gasteiger partial charge in [-0.3, -0.25) is 4.99 Å². The van der Waals surface area contributed by atoms with Gasteiger partial charge in [0.25, 0.3) is 0 Å². The number of guanidine groups is 1. The lowest BCUT2D eigenvalue weighted by Gasteiger charge is -2.13. The zero-order valence-electron chi connectivity index (χ0n) is 16.4. The first-order valence-electron chi connectivity index (χ1n) is 10.2. The van der Waals surface area contributed by atoms with Crippen molar-refractivity contribution < 1.29 is 13.5 Å². The monoisotopic (exact) mass is 398 g/mol. The van der Waals surface area contributed by atoms with Gasteiger partial charge in [0.1, 0.15) is 11.6 Å². The van der Waals surface area contributed by atoms with Gasteiger partial charge in [0, 0.05) is 43.2 Å². The van der Waals surface area contributed by atoms with Crippen LogP contribution in [0, 0.1) is 5.82 Å². The summed E-state index contributed by atoms with van der Waals surface area (Å²) in [5, 5.41) is 7.68. The molecule has 3 aromatic rings. The van der Waals surface area contributed by atoms with E-state index < -0.39 is 0 Å². The van der Waals surface area contributed by atoms with Crippen molar-refractivity contribution in [1.29, 1.82) is 0 Å². The van der Waals surface area contributed by atoms with Gasteiger partial charge >= 0.3 is 0 Å². The normalized spacial score (nSPS) is 17.1. The van der Waals surface area contributed by atoms with Crippen molar-refractivity contribution in [3.63, 3.8) is 0 Å². The Kier molecular flexibility index (Phi) is 6.46. The van der Waals surface area contributed by atoms with Crippen LogP contribution >= 0.6 is 0 Å². The molecule has 1 aliphatic rings. The molecule has 1 unspecified atom stereocenters. The highest BCUT2D eigenvalue weighted by Gasteiger charge is 2.15. The molecule has 4 rings (SSSR count). The second-order valence-electron chi connectivity index (χ2n) is 7.26. The van der Waals surface area contributed by atoms with Gasteiger partial charge in [-0.25, -0.2) is 4.39 Å². The maximum Gasteiger partial charge on any atom is 0.191 e. The van der Waals surface area contributed by atoms with E-state index >= 15 is 0 Å². The molecule has 7 heteroatoms. The van der Waals surface area contributed by atoms with Crippen LogP contribution in [0.1, 0.15) is 24.2 Å². The van der Waals surface area contributed by atoms with E-state index in [4.69, 9.17) is 14.1 Å². The summed E-state index contributed by atoms with van der Waals surface area (Å²) in [7, 11) is 0. The van der Waals surface area contributed by atoms with Gasteiger partial charge in [-0.2, -0.15) is 0 Å². The van der Waals surface area contributed by atoms with Gasteiger partial charge in [0.2, 0.25) is 0 Å². The molecular formula is C22H27FN4O2. The Hall–Kier alpha value is -2.80. The number of hydrogen-bond acceptors (Lipinski definition) is 3. The van der Waals surface area contributed by atoms with Crippen LogP contribution in [-0.4, -0.2) is 43.3 Å². The minimum atomic E-state index is -0.218. The van der Waals surface area contributed by atoms with Gasteiger partial charge in [-0.15, -0.1) is 0 Å². The maximum atomic E-state index is 13.6. The molecule has 2 aromatic heterocycles. The quantitative estimate of drug-likeness (QED) is 0.402. The number of rotatable bonds is 8. The molecule has 1 aromatic carbocycles. The van der Waals surface area contributed by atoms with Gasteiger partial charge in [-0.1, -0.05) is 0 Å². The second kappa shape index (κ2) is 9.60. The predicted octanol–water partition coefficient (Wildman–Crippen LogP) is 3.40. The number of aliphatic imine (C=N–C) groups is 1. The number of aromatic nitrogens is 1. The largest absolute Gasteiger partial charge is 0.469 e. The highest BCUT2D eigenvalue weighted by Crippen LogP contribution is 2.19. The van der Waals surface area contributed by atoms with Crippen molar-refractivity contribution in [3.05, 3.63) is 59.9 Å². The number of nitrogens with zero attached hydrogens (tertiary/aromatic N) is 1. The Bertz CT molecular complexity index is 930. The Morgan fingerprint density at radius 1 is 1.21 bits per heavy atom. The molecule has 0 aliphatic carbocycles. The summed E-state index contributed by atoms with van der Waals surface area (Å²) >= 11 is 0. The summed E-state index contributed by atoms with van der Waals surface area (Å²) < 4.78 is 24.6. The zero-order valence-corrected chi connectivity index (χ0v) is 16.4. The lowest BCUT2D eigenvalue weighted by molar-refractivity contribution is 0.117. The fraction of sp³-hybridized carbons (Fsp3) is 0.409. The molecule has 6 nitrogen and oxygen atoms in total. The molecule has 154 valence electrons. The standard InChI is InChI=1S/C22H27FN4O2/c23-17-5-6-21-20(13-17)16(14-26-21)7-9-24-22(27-15-19-4-2-12-29-19)25-10-8-18-3-1-11-28-18/h1,3,5-6,11,13-14,19,26H,2,4,7-10,12,15H2,(H2,24,25,27). The molecule has 0 spiro atoms. The number of ether oxygens (including phenoxy) is 1. The van der Waals surface area contributed by atoms with Crippen LogP contribution in [0.3, 0.4) is 0 Å². The van der Waals surface area contributed by atoms with Crippen molar-refractivity contribution in [2.24, 2.45) is 4.99 Å². The van der Waals surface area contributed by atoms with Crippen LogP contribution in [0.5, 0.6) is 0 Å². The van der Waals surface area contributed by atoms with Crippen LogP contribution in [0.4, 0.5) is 4.39 Å². The average Bonchev–Trinajstić information content (AvgIpc) is 3.48. The van der Waals surface area contributed by atoms with E-state index in [0.29, 0.717) is 13.1 Å². The van der Waals surface area contributed by atoms with Gasteiger partial charge in [0.15, 0.2) is 5.96 Å². The van der Waals surface area contributed by atoms with Crippen LogP contribution < -0.4 is 10.6 Å². The molecule has 0 radical (unpaired) electrons. The zero-order chi connectivity index (χ0) is 19.9. The SMILES string of the molecule is Fc1ccc2[nH]cc(CCNC(=NCC3CCCO3)NCCc3ccco3)c2c1. The van der Waals surface area contributed by atoms with Crippen LogP contribution in [0.25, 0.3) is 10.9 Å². The number of aromatic amines is 1. The Balaban J connectivity index is 1.33. The first-order chi connectivity index (χ1) is 14.3. The smallest absolute Gasteiger partial charge is 0.191 e. The third kappa shape index (κ3) is 5.38. The van der Waals surface area contributed by atoms with Gasteiger partial charge in [-0.05, 0) is 55.2 Å². The summed E-state index contributed by atoms with van der Waals surface area (Å²) in [4.78, 5) is 7.89. The van der Waals surface area contributed by atoms with Gasteiger partial charge in [0.05, 0.1) is 18.9 Å². The molecule has 1 fully saturated rings. The third-order valence-electron chi connectivity index (χ3n) is 5.14. The van der Waals surface area contributed by atoms with Crippen LogP contribution in [0.15, 0.2) is 52.2 Å². The lowest BCUT2D eigenvalue weighted by atomic mass is 10.1. The minimum Gasteiger partial charge on any atom is -0.469 e. The number of hydrogen-bond donors (Lipinski definition) is 3. The summed E-state index contributed by atoms with van der Waals surface area (Å²) in [6.07, 6.45) is 7.55. The summed E-state index contributed by atoms with van der Waals surface area (Å²) in [5.41, 5.74) is 2.03. The van der Waals surface area contributed by atoms with Gasteiger partial charge < -0.3 is 24.8 Å². The topological polar surface area (TPSA) is 74.6 Å². The van der Waals surface area contributed by atoms with Crippen molar-refractivity contribution >= 4 is 16.9 Å². The fourth-order valence-corrected chi connectivity index (χ4v) is 3.59. The van der Waals surface area contributed by atoms with Crippen molar-refractivity contribution in [3.8, 4) is 0 Å². The highest BCUT2D eigenvalue weighted by atomic mass is 19.1. The minimum absolute atomic E-state index is 0.204. The molecule has 1 aliphatic heterocycles. The molecule has 0 saturated carbocycles. The molecule has 0 bridgehead atoms. The van der Waals surface area contributed by atoms with E-state index in [0.717, 1.165) is 67.0 Å². The molecule has 1 saturated heterocycles. The number of fused-ring (bicyclic) bond motifs is 1. The molecule has 1 atom stereocenters. The molecule has 29 heavy (non-hydrogen) atoms. The van der Waals surface area contributed by atoms with Crippen molar-refractivity contribution in [2.75, 3.05) is 26.2 Å². The van der Waals surface area contributed by atoms with Crippen LogP contribution in [0.2, 0.25) is 0 Å². The fourth-order valence-electron chi connectivity index (χ4n) is 3.59. The first kappa shape index (κ1) is 19.5. The molecule has 3 heterocycles. The van der Waals surface area contributed by atoms with E-state index in [2.05, 4.69) is 15.6 Å². The number of furan rings is 1. The summed E-state index contributed by atoms with van der Waals surface area (Å²) in [5.74, 6) is 1.49.